The summed E-state index contributed by atoms with van der Waals surface area (Å²) >= 11 is 6.20. The third kappa shape index (κ3) is 6.69. The van der Waals surface area contributed by atoms with E-state index in [0.717, 1.165) is 35.5 Å². The largest absolute Gasteiger partial charge is 0.489 e. The Balaban J connectivity index is 1.58. The highest BCUT2D eigenvalue weighted by atomic mass is 35.5. The minimum Gasteiger partial charge on any atom is -0.489 e. The molecule has 2 aromatic carbocycles. The molecule has 30 heavy (non-hydrogen) atoms. The second kappa shape index (κ2) is 11.5. The Hall–Kier alpha value is -2.67. The minimum absolute atomic E-state index is 0.140. The number of ether oxygens (including phenoxy) is 2. The maximum atomic E-state index is 12.0. The lowest BCUT2D eigenvalue weighted by Crippen LogP contribution is -2.42. The smallest absolute Gasteiger partial charge is 0.254 e. The molecule has 1 fully saturated rings. The lowest BCUT2D eigenvalue weighted by atomic mass is 10.1. The number of halogens is 1. The lowest BCUT2D eigenvalue weighted by molar-refractivity contribution is -0.123. The van der Waals surface area contributed by atoms with Crippen LogP contribution in [0.2, 0.25) is 5.02 Å². The molecule has 2 aromatic rings. The van der Waals surface area contributed by atoms with Gasteiger partial charge in [-0.25, -0.2) is 5.43 Å². The highest BCUT2D eigenvalue weighted by molar-refractivity contribution is 6.31. The standard InChI is InChI=1S/C23H26ClN3O3/c1-2-5-19-14-18(15-25-26-23(28)16-27-10-12-29-13-11-27)8-9-22(19)30-17-20-6-3-4-7-21(20)24/h2-4,6-9,14-15H,1,5,10-13,16-17H2,(H,26,28)/b25-15+. The highest BCUT2D eigenvalue weighted by Crippen LogP contribution is 2.23. The van der Waals surface area contributed by atoms with Gasteiger partial charge in [-0.2, -0.15) is 5.10 Å². The van der Waals surface area contributed by atoms with Gasteiger partial charge in [-0.3, -0.25) is 9.69 Å². The van der Waals surface area contributed by atoms with Crippen molar-refractivity contribution in [3.8, 4) is 5.75 Å². The zero-order chi connectivity index (χ0) is 21.2. The number of morpholine rings is 1. The van der Waals surface area contributed by atoms with Crippen molar-refractivity contribution in [1.82, 2.24) is 10.3 Å². The summed E-state index contributed by atoms with van der Waals surface area (Å²) < 4.78 is 11.3. The highest BCUT2D eigenvalue weighted by Gasteiger charge is 2.13. The van der Waals surface area contributed by atoms with Crippen LogP contribution in [-0.2, 0) is 22.6 Å². The Kier molecular flexibility index (Phi) is 8.44. The predicted octanol–water partition coefficient (Wildman–Crippen LogP) is 3.43. The van der Waals surface area contributed by atoms with E-state index in [4.69, 9.17) is 21.1 Å². The summed E-state index contributed by atoms with van der Waals surface area (Å²) in [6, 6.07) is 13.4. The molecule has 1 aliphatic heterocycles. The van der Waals surface area contributed by atoms with Crippen molar-refractivity contribution in [2.75, 3.05) is 32.8 Å². The van der Waals surface area contributed by atoms with E-state index in [0.29, 0.717) is 37.8 Å². The first-order valence-corrected chi connectivity index (χ1v) is 10.3. The topological polar surface area (TPSA) is 63.2 Å². The normalized spacial score (nSPS) is 14.6. The van der Waals surface area contributed by atoms with Crippen molar-refractivity contribution >= 4 is 23.7 Å². The fourth-order valence-corrected chi connectivity index (χ4v) is 3.27. The molecule has 0 saturated carbocycles. The van der Waals surface area contributed by atoms with E-state index in [1.165, 1.54) is 0 Å². The molecule has 0 unspecified atom stereocenters. The van der Waals surface area contributed by atoms with Gasteiger partial charge in [0.05, 0.1) is 26.0 Å². The van der Waals surface area contributed by atoms with Crippen molar-refractivity contribution < 1.29 is 14.3 Å². The third-order valence-corrected chi connectivity index (χ3v) is 5.03. The number of hydrogen-bond donors (Lipinski definition) is 1. The van der Waals surface area contributed by atoms with Crippen molar-refractivity contribution in [2.24, 2.45) is 5.10 Å². The Morgan fingerprint density at radius 3 is 2.80 bits per heavy atom. The quantitative estimate of drug-likeness (QED) is 0.378. The number of hydrogen-bond acceptors (Lipinski definition) is 5. The van der Waals surface area contributed by atoms with Gasteiger partial charge in [-0.1, -0.05) is 35.9 Å². The van der Waals surface area contributed by atoms with Crippen LogP contribution in [0, 0.1) is 0 Å². The maximum absolute atomic E-state index is 12.0. The first kappa shape index (κ1) is 22.0. The molecule has 1 amide bonds. The molecule has 1 saturated heterocycles. The van der Waals surface area contributed by atoms with E-state index in [1.807, 2.05) is 53.4 Å². The minimum atomic E-state index is -0.140. The molecule has 0 radical (unpaired) electrons. The van der Waals surface area contributed by atoms with E-state index < -0.39 is 0 Å². The number of rotatable bonds is 9. The summed E-state index contributed by atoms with van der Waals surface area (Å²) in [6.45, 7) is 7.36. The Morgan fingerprint density at radius 1 is 1.23 bits per heavy atom. The van der Waals surface area contributed by atoms with Gasteiger partial charge in [0, 0.05) is 23.7 Å². The summed E-state index contributed by atoms with van der Waals surface area (Å²) in [5, 5.41) is 4.76. The van der Waals surface area contributed by atoms with E-state index >= 15 is 0 Å². The van der Waals surface area contributed by atoms with Gasteiger partial charge in [-0.05, 0) is 41.8 Å². The molecule has 7 heteroatoms. The molecular weight excluding hydrogens is 402 g/mol. The van der Waals surface area contributed by atoms with E-state index in [1.54, 1.807) is 6.21 Å². The van der Waals surface area contributed by atoms with Crippen molar-refractivity contribution in [3.05, 3.63) is 76.8 Å². The number of amides is 1. The van der Waals surface area contributed by atoms with Gasteiger partial charge < -0.3 is 9.47 Å². The molecule has 0 aliphatic carbocycles. The number of nitrogens with one attached hydrogen (secondary N) is 1. The van der Waals surface area contributed by atoms with Crippen molar-refractivity contribution in [2.45, 2.75) is 13.0 Å². The molecule has 1 aliphatic rings. The maximum Gasteiger partial charge on any atom is 0.254 e. The zero-order valence-corrected chi connectivity index (χ0v) is 17.6. The lowest BCUT2D eigenvalue weighted by Gasteiger charge is -2.25. The zero-order valence-electron chi connectivity index (χ0n) is 16.9. The second-order valence-corrected chi connectivity index (χ2v) is 7.33. The van der Waals surface area contributed by atoms with E-state index in [2.05, 4.69) is 17.1 Å². The fraction of sp³-hybridized carbons (Fsp3) is 0.304. The fourth-order valence-electron chi connectivity index (χ4n) is 3.08. The van der Waals surface area contributed by atoms with Gasteiger partial charge in [0.15, 0.2) is 0 Å². The van der Waals surface area contributed by atoms with Crippen LogP contribution < -0.4 is 10.2 Å². The van der Waals surface area contributed by atoms with Crippen LogP contribution in [-0.4, -0.2) is 49.9 Å². The van der Waals surface area contributed by atoms with Crippen molar-refractivity contribution in [3.63, 3.8) is 0 Å². The number of allylic oxidation sites excluding steroid dienone is 1. The summed E-state index contributed by atoms with van der Waals surface area (Å²) in [4.78, 5) is 14.1. The predicted molar refractivity (Wildman–Crippen MR) is 119 cm³/mol. The molecular formula is C23H26ClN3O3. The number of benzene rings is 2. The Labute approximate surface area is 182 Å². The number of hydrazone groups is 1. The third-order valence-electron chi connectivity index (χ3n) is 4.66. The SMILES string of the molecule is C=CCc1cc(/C=N/NC(=O)CN2CCOCC2)ccc1OCc1ccccc1Cl. The van der Waals surface area contributed by atoms with Gasteiger partial charge in [0.2, 0.25) is 0 Å². The summed E-state index contributed by atoms with van der Waals surface area (Å²) in [5.41, 5.74) is 5.36. The summed E-state index contributed by atoms with van der Waals surface area (Å²) in [7, 11) is 0. The van der Waals surface area contributed by atoms with Crippen LogP contribution in [0.5, 0.6) is 5.75 Å². The molecule has 3 rings (SSSR count). The van der Waals surface area contributed by atoms with Gasteiger partial charge in [0.1, 0.15) is 12.4 Å². The molecule has 0 atom stereocenters. The van der Waals surface area contributed by atoms with E-state index in [9.17, 15) is 4.79 Å². The van der Waals surface area contributed by atoms with Crippen LogP contribution in [0.4, 0.5) is 0 Å². The molecule has 1 heterocycles. The number of carbonyl (C=O) groups is 1. The first-order valence-electron chi connectivity index (χ1n) is 9.87. The van der Waals surface area contributed by atoms with Crippen molar-refractivity contribution in [1.29, 1.82) is 0 Å². The number of nitrogens with zero attached hydrogens (tertiary/aromatic N) is 2. The summed E-state index contributed by atoms with van der Waals surface area (Å²) in [5.74, 6) is 0.627. The van der Waals surface area contributed by atoms with Gasteiger partial charge in [-0.15, -0.1) is 6.58 Å². The van der Waals surface area contributed by atoms with Crippen LogP contribution in [0.15, 0.2) is 60.2 Å². The number of carbonyl (C=O) groups excluding carboxylic acids is 1. The van der Waals surface area contributed by atoms with Gasteiger partial charge in [0.25, 0.3) is 5.91 Å². The molecule has 0 spiro atoms. The summed E-state index contributed by atoms with van der Waals surface area (Å²) in [6.07, 6.45) is 4.10. The van der Waals surface area contributed by atoms with E-state index in [-0.39, 0.29) is 5.91 Å². The molecule has 6 nitrogen and oxygen atoms in total. The Morgan fingerprint density at radius 2 is 2.03 bits per heavy atom. The first-order chi connectivity index (χ1) is 14.7. The average Bonchev–Trinajstić information content (AvgIpc) is 2.75. The Bertz CT molecular complexity index is 895. The molecule has 1 N–H and O–H groups in total. The van der Waals surface area contributed by atoms with Crippen LogP contribution in [0.3, 0.4) is 0 Å². The van der Waals surface area contributed by atoms with Crippen LogP contribution in [0.1, 0.15) is 16.7 Å². The monoisotopic (exact) mass is 427 g/mol. The molecule has 0 bridgehead atoms. The van der Waals surface area contributed by atoms with Gasteiger partial charge >= 0.3 is 0 Å². The average molecular weight is 428 g/mol. The van der Waals surface area contributed by atoms with Crippen LogP contribution in [0.25, 0.3) is 0 Å². The second-order valence-electron chi connectivity index (χ2n) is 6.92. The van der Waals surface area contributed by atoms with Crippen LogP contribution >= 0.6 is 11.6 Å². The molecule has 0 aromatic heterocycles. The molecule has 158 valence electrons.